The quantitative estimate of drug-likeness (QED) is 0.673. The number of nitrogens with zero attached hydrogens (tertiary/aromatic N) is 2. The molecule has 0 spiro atoms. The minimum Gasteiger partial charge on any atom is -0.497 e. The van der Waals surface area contributed by atoms with Crippen LogP contribution >= 0.6 is 0 Å². The minimum absolute atomic E-state index is 0.186. The molecule has 2 aromatic carbocycles. The minimum atomic E-state index is -4.08. The number of methoxy groups -OCH3 is 1. The highest BCUT2D eigenvalue weighted by Gasteiger charge is 2.29. The van der Waals surface area contributed by atoms with Gasteiger partial charge in [-0.15, -0.1) is 0 Å². The molecule has 0 saturated carbocycles. The van der Waals surface area contributed by atoms with Crippen LogP contribution in [0.15, 0.2) is 48.5 Å². The molecule has 9 heteroatoms. The summed E-state index contributed by atoms with van der Waals surface area (Å²) in [6.45, 7) is 1.36. The zero-order valence-electron chi connectivity index (χ0n) is 16.9. The second-order valence-electron chi connectivity index (χ2n) is 6.55. The third-order valence-electron chi connectivity index (χ3n) is 4.41. The van der Waals surface area contributed by atoms with E-state index in [0.717, 1.165) is 20.2 Å². The van der Waals surface area contributed by atoms with Gasteiger partial charge in [-0.3, -0.25) is 4.79 Å². The molecule has 1 N–H and O–H groups in total. The maximum atomic E-state index is 14.3. The van der Waals surface area contributed by atoms with E-state index in [1.54, 1.807) is 19.2 Å². The van der Waals surface area contributed by atoms with Gasteiger partial charge in [-0.2, -0.15) is 12.7 Å². The number of carbonyl (C=O) groups excluding carboxylic acids is 1. The first-order valence-electron chi connectivity index (χ1n) is 9.08. The van der Waals surface area contributed by atoms with Crippen LogP contribution in [0.2, 0.25) is 0 Å². The second kappa shape index (κ2) is 9.71. The van der Waals surface area contributed by atoms with E-state index in [9.17, 15) is 17.6 Å². The molecule has 0 bridgehead atoms. The van der Waals surface area contributed by atoms with Crippen LogP contribution < -0.4 is 14.4 Å². The van der Waals surface area contributed by atoms with Crippen molar-refractivity contribution in [2.75, 3.05) is 32.1 Å². The Morgan fingerprint density at radius 1 is 1.14 bits per heavy atom. The molecule has 0 saturated heterocycles. The Hall–Kier alpha value is -2.65. The number of para-hydroxylation sites is 1. The van der Waals surface area contributed by atoms with Gasteiger partial charge in [0, 0.05) is 14.1 Å². The monoisotopic (exact) mass is 423 g/mol. The molecule has 29 heavy (non-hydrogen) atoms. The maximum Gasteiger partial charge on any atom is 0.304 e. The molecule has 0 radical (unpaired) electrons. The summed E-state index contributed by atoms with van der Waals surface area (Å²) in [6, 6.07) is 12.4. The van der Waals surface area contributed by atoms with Gasteiger partial charge in [0.15, 0.2) is 0 Å². The Morgan fingerprint density at radius 2 is 1.76 bits per heavy atom. The van der Waals surface area contributed by atoms with Crippen LogP contribution in [0.3, 0.4) is 0 Å². The third-order valence-corrected chi connectivity index (χ3v) is 6.22. The zero-order valence-corrected chi connectivity index (χ0v) is 17.7. The molecule has 2 aromatic rings. The van der Waals surface area contributed by atoms with Gasteiger partial charge in [0.2, 0.25) is 5.91 Å². The van der Waals surface area contributed by atoms with Crippen molar-refractivity contribution in [1.29, 1.82) is 0 Å². The number of ether oxygens (including phenoxy) is 1. The summed E-state index contributed by atoms with van der Waals surface area (Å²) in [4.78, 5) is 12.7. The smallest absolute Gasteiger partial charge is 0.304 e. The summed E-state index contributed by atoms with van der Waals surface area (Å²) < 4.78 is 46.5. The highest BCUT2D eigenvalue weighted by molar-refractivity contribution is 7.90. The number of benzene rings is 2. The molecule has 0 heterocycles. The lowest BCUT2D eigenvalue weighted by atomic mass is 10.0. The number of carbonyl (C=O) groups is 1. The zero-order chi connectivity index (χ0) is 21.6. The van der Waals surface area contributed by atoms with Crippen molar-refractivity contribution in [3.8, 4) is 5.75 Å². The summed E-state index contributed by atoms with van der Waals surface area (Å²) in [7, 11) is 0.143. The number of hydrogen-bond acceptors (Lipinski definition) is 4. The van der Waals surface area contributed by atoms with Gasteiger partial charge in [-0.1, -0.05) is 31.2 Å². The molecule has 0 aliphatic heterocycles. The van der Waals surface area contributed by atoms with E-state index in [-0.39, 0.29) is 11.7 Å². The molecular weight excluding hydrogens is 397 g/mol. The standard InChI is InChI=1S/C20H26FN3O4S/c1-5-18(15-10-12-16(28-4)13-11-15)22-20(25)14-24(29(26,27)23(2)3)19-9-7-6-8-17(19)21/h6-13,18H,5,14H2,1-4H3,(H,22,25). The van der Waals surface area contributed by atoms with E-state index in [2.05, 4.69) is 5.32 Å². The average Bonchev–Trinajstić information content (AvgIpc) is 2.70. The Balaban J connectivity index is 2.25. The fourth-order valence-electron chi connectivity index (χ4n) is 2.77. The number of amides is 1. The summed E-state index contributed by atoms with van der Waals surface area (Å²) in [6.07, 6.45) is 0.595. The SMILES string of the molecule is CCC(NC(=O)CN(c1ccccc1F)S(=O)(=O)N(C)C)c1ccc(OC)cc1. The molecule has 0 fully saturated rings. The van der Waals surface area contributed by atoms with E-state index < -0.39 is 28.5 Å². The number of nitrogens with one attached hydrogen (secondary N) is 1. The highest BCUT2D eigenvalue weighted by atomic mass is 32.2. The second-order valence-corrected chi connectivity index (χ2v) is 8.62. The Bertz CT molecular complexity index is 933. The lowest BCUT2D eigenvalue weighted by Crippen LogP contribution is -2.46. The van der Waals surface area contributed by atoms with Gasteiger partial charge >= 0.3 is 10.2 Å². The Labute approximate surface area is 171 Å². The fraction of sp³-hybridized carbons (Fsp3) is 0.350. The van der Waals surface area contributed by atoms with E-state index in [4.69, 9.17) is 4.74 Å². The molecule has 158 valence electrons. The topological polar surface area (TPSA) is 79.0 Å². The average molecular weight is 424 g/mol. The molecule has 1 amide bonds. The normalized spacial score (nSPS) is 12.5. The molecular formula is C20H26FN3O4S. The molecule has 1 atom stereocenters. The Kier molecular flexibility index (Phi) is 7.58. The van der Waals surface area contributed by atoms with E-state index in [1.807, 2.05) is 19.1 Å². The number of anilines is 1. The predicted molar refractivity (Wildman–Crippen MR) is 111 cm³/mol. The summed E-state index contributed by atoms with van der Waals surface area (Å²) in [5.41, 5.74) is 0.670. The van der Waals surface area contributed by atoms with E-state index in [0.29, 0.717) is 12.2 Å². The maximum absolute atomic E-state index is 14.3. The summed E-state index contributed by atoms with van der Waals surface area (Å²) in [5.74, 6) is -0.577. The molecule has 7 nitrogen and oxygen atoms in total. The van der Waals surface area contributed by atoms with Crippen LogP contribution in [0.4, 0.5) is 10.1 Å². The molecule has 0 aliphatic rings. The summed E-state index contributed by atoms with van der Waals surface area (Å²) >= 11 is 0. The van der Waals surface area contributed by atoms with Crippen molar-refractivity contribution in [2.24, 2.45) is 0 Å². The van der Waals surface area contributed by atoms with Crippen molar-refractivity contribution >= 4 is 21.8 Å². The summed E-state index contributed by atoms with van der Waals surface area (Å²) in [5, 5.41) is 2.82. The third kappa shape index (κ3) is 5.45. The van der Waals surface area contributed by atoms with E-state index in [1.165, 1.54) is 32.3 Å². The number of rotatable bonds is 9. The van der Waals surface area contributed by atoms with Crippen molar-refractivity contribution in [3.63, 3.8) is 0 Å². The van der Waals surface area contributed by atoms with Crippen molar-refractivity contribution in [3.05, 3.63) is 59.9 Å². The number of hydrogen-bond donors (Lipinski definition) is 1. The largest absolute Gasteiger partial charge is 0.497 e. The molecule has 0 aromatic heterocycles. The van der Waals surface area contributed by atoms with E-state index >= 15 is 0 Å². The van der Waals surface area contributed by atoms with Crippen LogP contribution in [0.1, 0.15) is 24.9 Å². The first kappa shape index (κ1) is 22.6. The first-order chi connectivity index (χ1) is 13.7. The van der Waals surface area contributed by atoms with Crippen molar-refractivity contribution < 1.29 is 22.3 Å². The lowest BCUT2D eigenvalue weighted by molar-refractivity contribution is -0.120. The first-order valence-corrected chi connectivity index (χ1v) is 10.5. The molecule has 0 aliphatic carbocycles. The highest BCUT2D eigenvalue weighted by Crippen LogP contribution is 2.24. The van der Waals surface area contributed by atoms with Crippen LogP contribution in [0.25, 0.3) is 0 Å². The van der Waals surface area contributed by atoms with Gasteiger partial charge in [0.25, 0.3) is 0 Å². The van der Waals surface area contributed by atoms with Gasteiger partial charge in [-0.25, -0.2) is 8.70 Å². The van der Waals surface area contributed by atoms with Gasteiger partial charge in [-0.05, 0) is 36.2 Å². The van der Waals surface area contributed by atoms with Crippen LogP contribution in [0.5, 0.6) is 5.75 Å². The fourth-order valence-corrected chi connectivity index (χ4v) is 3.84. The number of halogens is 1. The van der Waals surface area contributed by atoms with Crippen molar-refractivity contribution in [1.82, 2.24) is 9.62 Å². The molecule has 2 rings (SSSR count). The predicted octanol–water partition coefficient (Wildman–Crippen LogP) is 2.71. The van der Waals surface area contributed by atoms with Gasteiger partial charge in [0.1, 0.15) is 18.1 Å². The molecule has 1 unspecified atom stereocenters. The van der Waals surface area contributed by atoms with Gasteiger partial charge in [0.05, 0.1) is 18.8 Å². The van der Waals surface area contributed by atoms with Crippen molar-refractivity contribution in [2.45, 2.75) is 19.4 Å². The van der Waals surface area contributed by atoms with Crippen LogP contribution in [-0.4, -0.2) is 46.4 Å². The van der Waals surface area contributed by atoms with Crippen LogP contribution in [0, 0.1) is 5.82 Å². The Morgan fingerprint density at radius 3 is 2.28 bits per heavy atom. The lowest BCUT2D eigenvalue weighted by Gasteiger charge is -2.28. The van der Waals surface area contributed by atoms with Gasteiger partial charge < -0.3 is 10.1 Å². The van der Waals surface area contributed by atoms with Crippen LogP contribution in [-0.2, 0) is 15.0 Å².